The third-order valence-corrected chi connectivity index (χ3v) is 3.36. The number of ether oxygens (including phenoxy) is 1. The topological polar surface area (TPSA) is 44.7 Å². The van der Waals surface area contributed by atoms with Crippen LogP contribution >= 0.6 is 0 Å². The first kappa shape index (κ1) is 18.0. The fourth-order valence-electron chi connectivity index (χ4n) is 2.05. The summed E-state index contributed by atoms with van der Waals surface area (Å²) < 4.78 is 5.69. The lowest BCUT2D eigenvalue weighted by molar-refractivity contribution is 0.106. The second kappa shape index (κ2) is 9.77. The quantitative estimate of drug-likeness (QED) is 0.648. The van der Waals surface area contributed by atoms with Gasteiger partial charge >= 0.3 is 0 Å². The van der Waals surface area contributed by atoms with E-state index in [1.54, 1.807) is 0 Å². The van der Waals surface area contributed by atoms with Crippen LogP contribution in [0.4, 0.5) is 0 Å². The number of hydrogen-bond acceptors (Lipinski definition) is 4. The first-order chi connectivity index (χ1) is 9.99. The summed E-state index contributed by atoms with van der Waals surface area (Å²) in [6.07, 6.45) is 1.83. The Balaban J connectivity index is 2.13. The van der Waals surface area contributed by atoms with Crippen LogP contribution in [0.1, 0.15) is 24.0 Å². The molecule has 1 aromatic carbocycles. The van der Waals surface area contributed by atoms with Crippen molar-refractivity contribution in [3.05, 3.63) is 29.3 Å². The highest BCUT2D eigenvalue weighted by atomic mass is 16.5. The van der Waals surface area contributed by atoms with Crippen molar-refractivity contribution in [2.45, 2.75) is 32.8 Å². The highest BCUT2D eigenvalue weighted by Gasteiger charge is 2.06. The molecule has 0 aliphatic carbocycles. The largest absolute Gasteiger partial charge is 0.491 e. The van der Waals surface area contributed by atoms with Crippen LogP contribution in [0.2, 0.25) is 0 Å². The van der Waals surface area contributed by atoms with Crippen molar-refractivity contribution >= 4 is 0 Å². The molecule has 0 amide bonds. The molecule has 120 valence electrons. The molecule has 1 unspecified atom stereocenters. The van der Waals surface area contributed by atoms with Gasteiger partial charge in [-0.3, -0.25) is 0 Å². The van der Waals surface area contributed by atoms with Crippen molar-refractivity contribution in [3.8, 4) is 5.75 Å². The maximum Gasteiger partial charge on any atom is 0.122 e. The van der Waals surface area contributed by atoms with E-state index in [4.69, 9.17) is 4.74 Å². The number of nitrogens with zero attached hydrogens (tertiary/aromatic N) is 1. The van der Waals surface area contributed by atoms with Crippen molar-refractivity contribution < 1.29 is 9.84 Å². The van der Waals surface area contributed by atoms with Crippen LogP contribution in [-0.4, -0.2) is 56.4 Å². The Bertz CT molecular complexity index is 408. The molecule has 0 aliphatic heterocycles. The van der Waals surface area contributed by atoms with Crippen molar-refractivity contribution in [1.82, 2.24) is 10.2 Å². The lowest BCUT2D eigenvalue weighted by atomic mass is 10.1. The van der Waals surface area contributed by atoms with Crippen molar-refractivity contribution in [3.63, 3.8) is 0 Å². The van der Waals surface area contributed by atoms with Crippen molar-refractivity contribution in [2.24, 2.45) is 0 Å². The third-order valence-electron chi connectivity index (χ3n) is 3.36. The predicted molar refractivity (Wildman–Crippen MR) is 88.1 cm³/mol. The minimum absolute atomic E-state index is 0.328. The second-order valence-corrected chi connectivity index (χ2v) is 5.95. The maximum atomic E-state index is 9.92. The Hall–Kier alpha value is -1.10. The maximum absolute atomic E-state index is 9.92. The Labute approximate surface area is 129 Å². The molecule has 0 radical (unpaired) electrons. The standard InChI is InChI=1S/C17H30N2O2/c1-14-7-8-15(2)17(11-14)21-13-16(20)12-18-9-5-6-10-19(3)4/h7-8,11,16,18,20H,5-6,9-10,12-13H2,1-4H3. The summed E-state index contributed by atoms with van der Waals surface area (Å²) >= 11 is 0. The zero-order valence-corrected chi connectivity index (χ0v) is 13.9. The van der Waals surface area contributed by atoms with Gasteiger partial charge in [0.1, 0.15) is 18.5 Å². The fraction of sp³-hybridized carbons (Fsp3) is 0.647. The van der Waals surface area contributed by atoms with Gasteiger partial charge < -0.3 is 20.1 Å². The number of aliphatic hydroxyl groups excluding tert-OH is 1. The second-order valence-electron chi connectivity index (χ2n) is 5.95. The van der Waals surface area contributed by atoms with E-state index in [9.17, 15) is 5.11 Å². The molecule has 0 aromatic heterocycles. The van der Waals surface area contributed by atoms with Gasteiger partial charge in [0.25, 0.3) is 0 Å². The van der Waals surface area contributed by atoms with Gasteiger partial charge in [-0.05, 0) is 71.1 Å². The minimum atomic E-state index is -0.473. The zero-order valence-electron chi connectivity index (χ0n) is 13.9. The summed E-state index contributed by atoms with van der Waals surface area (Å²) in [7, 11) is 4.17. The monoisotopic (exact) mass is 294 g/mol. The summed E-state index contributed by atoms with van der Waals surface area (Å²) in [6.45, 7) is 7.01. The van der Waals surface area contributed by atoms with Gasteiger partial charge in [0.05, 0.1) is 0 Å². The van der Waals surface area contributed by atoms with E-state index in [0.717, 1.165) is 30.8 Å². The highest BCUT2D eigenvalue weighted by molar-refractivity contribution is 5.35. The Kier molecular flexibility index (Phi) is 8.35. The molecular weight excluding hydrogens is 264 g/mol. The summed E-state index contributed by atoms with van der Waals surface area (Å²) in [5.41, 5.74) is 2.27. The van der Waals surface area contributed by atoms with Gasteiger partial charge in [-0.2, -0.15) is 0 Å². The van der Waals surface area contributed by atoms with E-state index in [-0.39, 0.29) is 0 Å². The van der Waals surface area contributed by atoms with Crippen LogP contribution in [0, 0.1) is 13.8 Å². The molecule has 0 heterocycles. The molecule has 0 spiro atoms. The van der Waals surface area contributed by atoms with E-state index >= 15 is 0 Å². The van der Waals surface area contributed by atoms with E-state index in [1.165, 1.54) is 12.0 Å². The van der Waals surface area contributed by atoms with E-state index < -0.39 is 6.10 Å². The molecule has 1 aromatic rings. The number of benzene rings is 1. The number of unbranched alkanes of at least 4 members (excludes halogenated alkanes) is 1. The average molecular weight is 294 g/mol. The molecule has 0 saturated heterocycles. The lowest BCUT2D eigenvalue weighted by Crippen LogP contribution is -2.32. The molecule has 4 heteroatoms. The van der Waals surface area contributed by atoms with E-state index in [0.29, 0.717) is 13.2 Å². The Morgan fingerprint density at radius 2 is 2.00 bits per heavy atom. The van der Waals surface area contributed by atoms with Crippen molar-refractivity contribution in [1.29, 1.82) is 0 Å². The molecule has 21 heavy (non-hydrogen) atoms. The van der Waals surface area contributed by atoms with Crippen LogP contribution in [0.15, 0.2) is 18.2 Å². The molecule has 4 nitrogen and oxygen atoms in total. The normalized spacial score (nSPS) is 12.7. The number of nitrogens with one attached hydrogen (secondary N) is 1. The number of hydrogen-bond donors (Lipinski definition) is 2. The van der Waals surface area contributed by atoms with Gasteiger partial charge in [0, 0.05) is 6.54 Å². The van der Waals surface area contributed by atoms with Crippen LogP contribution in [-0.2, 0) is 0 Å². The molecule has 0 bridgehead atoms. The van der Waals surface area contributed by atoms with Gasteiger partial charge in [0.2, 0.25) is 0 Å². The molecule has 1 atom stereocenters. The molecule has 1 rings (SSSR count). The third kappa shape index (κ3) is 8.05. The van der Waals surface area contributed by atoms with Gasteiger partial charge in [-0.25, -0.2) is 0 Å². The first-order valence-electron chi connectivity index (χ1n) is 7.72. The zero-order chi connectivity index (χ0) is 15.7. The highest BCUT2D eigenvalue weighted by Crippen LogP contribution is 2.19. The van der Waals surface area contributed by atoms with Crippen LogP contribution in [0.5, 0.6) is 5.75 Å². The molecular formula is C17H30N2O2. The average Bonchev–Trinajstić information content (AvgIpc) is 2.43. The molecule has 0 aliphatic rings. The van der Waals surface area contributed by atoms with Crippen LogP contribution < -0.4 is 10.1 Å². The Morgan fingerprint density at radius 3 is 2.71 bits per heavy atom. The summed E-state index contributed by atoms with van der Waals surface area (Å²) in [4.78, 5) is 2.19. The Morgan fingerprint density at radius 1 is 1.24 bits per heavy atom. The van der Waals surface area contributed by atoms with Gasteiger partial charge in [0.15, 0.2) is 0 Å². The van der Waals surface area contributed by atoms with Gasteiger partial charge in [-0.15, -0.1) is 0 Å². The van der Waals surface area contributed by atoms with E-state index in [1.807, 2.05) is 26.0 Å². The van der Waals surface area contributed by atoms with Gasteiger partial charge in [-0.1, -0.05) is 12.1 Å². The van der Waals surface area contributed by atoms with Crippen LogP contribution in [0.3, 0.4) is 0 Å². The number of rotatable bonds is 10. The summed E-state index contributed by atoms with van der Waals surface area (Å²) in [6, 6.07) is 6.12. The molecule has 0 saturated carbocycles. The van der Waals surface area contributed by atoms with E-state index in [2.05, 4.69) is 30.4 Å². The molecule has 0 fully saturated rings. The SMILES string of the molecule is Cc1ccc(C)c(OCC(O)CNCCCCN(C)C)c1. The minimum Gasteiger partial charge on any atom is -0.491 e. The lowest BCUT2D eigenvalue weighted by Gasteiger charge is -2.15. The summed E-state index contributed by atoms with van der Waals surface area (Å²) in [5, 5.41) is 13.2. The van der Waals surface area contributed by atoms with Crippen LogP contribution in [0.25, 0.3) is 0 Å². The predicted octanol–water partition coefficient (Wildman–Crippen LogP) is 1.97. The number of aryl methyl sites for hydroxylation is 2. The smallest absolute Gasteiger partial charge is 0.122 e. The fourth-order valence-corrected chi connectivity index (χ4v) is 2.05. The molecule has 2 N–H and O–H groups in total. The summed E-state index contributed by atoms with van der Waals surface area (Å²) in [5.74, 6) is 0.861. The van der Waals surface area contributed by atoms with Crippen molar-refractivity contribution in [2.75, 3.05) is 40.3 Å². The number of aliphatic hydroxyl groups is 1. The first-order valence-corrected chi connectivity index (χ1v) is 7.72.